The van der Waals surface area contributed by atoms with Gasteiger partial charge in [0.15, 0.2) is 0 Å². The molecule has 0 spiro atoms. The quantitative estimate of drug-likeness (QED) is 0.934. The molecule has 3 nitrogen and oxygen atoms in total. The molecule has 0 fully saturated rings. The van der Waals surface area contributed by atoms with Gasteiger partial charge in [-0.3, -0.25) is 4.98 Å². The van der Waals surface area contributed by atoms with E-state index in [0.717, 1.165) is 6.20 Å². The van der Waals surface area contributed by atoms with Crippen molar-refractivity contribution in [3.8, 4) is 5.75 Å². The molecule has 2 aromatic rings. The summed E-state index contributed by atoms with van der Waals surface area (Å²) in [6, 6.07) is 7.97. The lowest BCUT2D eigenvalue weighted by molar-refractivity contribution is 0.188. The van der Waals surface area contributed by atoms with E-state index >= 15 is 0 Å². The first kappa shape index (κ1) is 13.8. The molecule has 5 heteroatoms. The summed E-state index contributed by atoms with van der Waals surface area (Å²) < 4.78 is 19.3. The summed E-state index contributed by atoms with van der Waals surface area (Å²) in [4.78, 5) is 3.69. The van der Waals surface area contributed by atoms with Gasteiger partial charge in [0.2, 0.25) is 0 Å². The van der Waals surface area contributed by atoms with E-state index in [2.05, 4.69) is 4.98 Å². The summed E-state index contributed by atoms with van der Waals surface area (Å²) in [5.74, 6) is 0.168. The molecule has 0 aliphatic carbocycles. The Morgan fingerprint density at radius 1 is 1.37 bits per heavy atom. The second kappa shape index (κ2) is 5.99. The normalized spacial score (nSPS) is 13.9. The van der Waals surface area contributed by atoms with Gasteiger partial charge in [-0.05, 0) is 31.2 Å². The standard InChI is InChI=1S/C14H14ClFN2O/c1-9(19-11-4-2-3-10(15)7-11)14(17)12-5-6-18-8-13(12)16/h2-9,14H,17H2,1H3. The fraction of sp³-hybridized carbons (Fsp3) is 0.214. The number of rotatable bonds is 4. The maximum atomic E-state index is 13.6. The Kier molecular flexibility index (Phi) is 4.35. The molecule has 1 aromatic carbocycles. The summed E-state index contributed by atoms with van der Waals surface area (Å²) in [7, 11) is 0. The van der Waals surface area contributed by atoms with Crippen LogP contribution in [0.15, 0.2) is 42.7 Å². The van der Waals surface area contributed by atoms with E-state index in [9.17, 15) is 4.39 Å². The molecule has 19 heavy (non-hydrogen) atoms. The largest absolute Gasteiger partial charge is 0.489 e. The van der Waals surface area contributed by atoms with Crippen LogP contribution < -0.4 is 10.5 Å². The highest BCUT2D eigenvalue weighted by atomic mass is 35.5. The Labute approximate surface area is 116 Å². The van der Waals surface area contributed by atoms with Crippen LogP contribution >= 0.6 is 11.6 Å². The number of halogens is 2. The summed E-state index contributed by atoms with van der Waals surface area (Å²) in [5.41, 5.74) is 6.38. The van der Waals surface area contributed by atoms with Crippen LogP contribution in [0.4, 0.5) is 4.39 Å². The van der Waals surface area contributed by atoms with Crippen molar-refractivity contribution >= 4 is 11.6 Å². The van der Waals surface area contributed by atoms with E-state index in [4.69, 9.17) is 22.1 Å². The third kappa shape index (κ3) is 3.43. The van der Waals surface area contributed by atoms with Crippen molar-refractivity contribution in [2.45, 2.75) is 19.1 Å². The summed E-state index contributed by atoms with van der Waals surface area (Å²) in [5, 5.41) is 0.577. The van der Waals surface area contributed by atoms with Crippen molar-refractivity contribution in [1.82, 2.24) is 4.98 Å². The first-order valence-corrected chi connectivity index (χ1v) is 6.23. The predicted molar refractivity (Wildman–Crippen MR) is 72.7 cm³/mol. The second-order valence-corrected chi connectivity index (χ2v) is 4.64. The van der Waals surface area contributed by atoms with Crippen LogP contribution in [0.1, 0.15) is 18.5 Å². The van der Waals surface area contributed by atoms with Gasteiger partial charge in [-0.25, -0.2) is 4.39 Å². The van der Waals surface area contributed by atoms with Crippen LogP contribution in [-0.4, -0.2) is 11.1 Å². The number of aromatic nitrogens is 1. The maximum absolute atomic E-state index is 13.6. The number of hydrogen-bond acceptors (Lipinski definition) is 3. The van der Waals surface area contributed by atoms with Gasteiger partial charge in [0.05, 0.1) is 12.2 Å². The molecule has 0 aliphatic heterocycles. The molecule has 0 saturated carbocycles. The molecule has 0 radical (unpaired) electrons. The average molecular weight is 281 g/mol. The zero-order chi connectivity index (χ0) is 13.8. The van der Waals surface area contributed by atoms with E-state index in [-0.39, 0.29) is 0 Å². The molecular weight excluding hydrogens is 267 g/mol. The SMILES string of the molecule is CC(Oc1cccc(Cl)c1)C(N)c1ccncc1F. The minimum absolute atomic E-state index is 0.379. The van der Waals surface area contributed by atoms with Gasteiger partial charge in [-0.1, -0.05) is 17.7 Å². The van der Waals surface area contributed by atoms with Crippen LogP contribution in [0.3, 0.4) is 0 Å². The molecule has 1 aromatic heterocycles. The Balaban J connectivity index is 2.12. The predicted octanol–water partition coefficient (Wildman–Crippen LogP) is 3.34. The Hall–Kier alpha value is -1.65. The zero-order valence-corrected chi connectivity index (χ0v) is 11.1. The van der Waals surface area contributed by atoms with Crippen LogP contribution in [0.25, 0.3) is 0 Å². The first-order valence-electron chi connectivity index (χ1n) is 5.85. The van der Waals surface area contributed by atoms with Crippen molar-refractivity contribution in [3.63, 3.8) is 0 Å². The van der Waals surface area contributed by atoms with E-state index in [0.29, 0.717) is 16.3 Å². The van der Waals surface area contributed by atoms with Gasteiger partial charge in [0, 0.05) is 16.8 Å². The van der Waals surface area contributed by atoms with E-state index in [1.165, 1.54) is 6.20 Å². The Morgan fingerprint density at radius 3 is 2.84 bits per heavy atom. The lowest BCUT2D eigenvalue weighted by Crippen LogP contribution is -2.29. The molecule has 0 aliphatic rings. The van der Waals surface area contributed by atoms with Crippen LogP contribution in [0.5, 0.6) is 5.75 Å². The van der Waals surface area contributed by atoms with Gasteiger partial charge in [-0.2, -0.15) is 0 Å². The van der Waals surface area contributed by atoms with Gasteiger partial charge in [0.1, 0.15) is 17.7 Å². The van der Waals surface area contributed by atoms with Crippen LogP contribution in [0, 0.1) is 5.82 Å². The minimum atomic E-state index is -0.581. The molecular formula is C14H14ClFN2O. The van der Waals surface area contributed by atoms with Gasteiger partial charge in [0.25, 0.3) is 0 Å². The van der Waals surface area contributed by atoms with Gasteiger partial charge < -0.3 is 10.5 Å². The number of nitrogens with zero attached hydrogens (tertiary/aromatic N) is 1. The first-order chi connectivity index (χ1) is 9.08. The molecule has 0 amide bonds. The topological polar surface area (TPSA) is 48.1 Å². The third-order valence-electron chi connectivity index (χ3n) is 2.79. The highest BCUT2D eigenvalue weighted by molar-refractivity contribution is 6.30. The molecule has 1 heterocycles. The van der Waals surface area contributed by atoms with Crippen LogP contribution in [0.2, 0.25) is 5.02 Å². The van der Waals surface area contributed by atoms with E-state index in [1.54, 1.807) is 37.3 Å². The molecule has 0 bridgehead atoms. The second-order valence-electron chi connectivity index (χ2n) is 4.20. The highest BCUT2D eigenvalue weighted by Gasteiger charge is 2.19. The lowest BCUT2D eigenvalue weighted by atomic mass is 10.0. The minimum Gasteiger partial charge on any atom is -0.489 e. The van der Waals surface area contributed by atoms with Crippen LogP contribution in [-0.2, 0) is 0 Å². The summed E-state index contributed by atoms with van der Waals surface area (Å²) in [6.07, 6.45) is 2.25. The van der Waals surface area contributed by atoms with E-state index in [1.807, 2.05) is 0 Å². The number of benzene rings is 1. The fourth-order valence-electron chi connectivity index (χ4n) is 1.74. The number of hydrogen-bond donors (Lipinski definition) is 1. The molecule has 2 unspecified atom stereocenters. The van der Waals surface area contributed by atoms with Crippen molar-refractivity contribution < 1.29 is 9.13 Å². The maximum Gasteiger partial charge on any atom is 0.146 e. The average Bonchev–Trinajstić information content (AvgIpc) is 2.38. The molecule has 2 rings (SSSR count). The monoisotopic (exact) mass is 280 g/mol. The Bertz CT molecular complexity index is 565. The fourth-order valence-corrected chi connectivity index (χ4v) is 1.92. The lowest BCUT2D eigenvalue weighted by Gasteiger charge is -2.22. The van der Waals surface area contributed by atoms with Crippen molar-refractivity contribution in [2.24, 2.45) is 5.73 Å². The number of pyridine rings is 1. The summed E-state index contributed by atoms with van der Waals surface area (Å²) >= 11 is 5.87. The molecule has 2 atom stereocenters. The third-order valence-corrected chi connectivity index (χ3v) is 3.02. The van der Waals surface area contributed by atoms with Gasteiger partial charge in [-0.15, -0.1) is 0 Å². The Morgan fingerprint density at radius 2 is 2.16 bits per heavy atom. The summed E-state index contributed by atoms with van der Waals surface area (Å²) in [6.45, 7) is 1.78. The molecule has 2 N–H and O–H groups in total. The molecule has 0 saturated heterocycles. The number of ether oxygens (including phenoxy) is 1. The zero-order valence-electron chi connectivity index (χ0n) is 10.4. The highest BCUT2D eigenvalue weighted by Crippen LogP contribution is 2.23. The smallest absolute Gasteiger partial charge is 0.146 e. The van der Waals surface area contributed by atoms with E-state index < -0.39 is 18.0 Å². The van der Waals surface area contributed by atoms with Crippen molar-refractivity contribution in [2.75, 3.05) is 0 Å². The van der Waals surface area contributed by atoms with Crippen molar-refractivity contribution in [3.05, 3.63) is 59.1 Å². The number of nitrogens with two attached hydrogens (primary N) is 1. The van der Waals surface area contributed by atoms with Gasteiger partial charge >= 0.3 is 0 Å². The van der Waals surface area contributed by atoms with Crippen molar-refractivity contribution in [1.29, 1.82) is 0 Å². The molecule has 100 valence electrons.